The average Bonchev–Trinajstić information content (AvgIpc) is 2.97. The van der Waals surface area contributed by atoms with E-state index in [-0.39, 0.29) is 35.3 Å². The number of carbonyl (C=O) groups is 3. The lowest BCUT2D eigenvalue weighted by molar-refractivity contribution is -0.147. The number of benzene rings is 2. The van der Waals surface area contributed by atoms with E-state index in [1.807, 2.05) is 0 Å². The van der Waals surface area contributed by atoms with Gasteiger partial charge in [-0.25, -0.2) is 0 Å². The predicted octanol–water partition coefficient (Wildman–Crippen LogP) is 3.94. The molecule has 2 aromatic rings. The van der Waals surface area contributed by atoms with E-state index in [0.717, 1.165) is 0 Å². The topological polar surface area (TPSA) is 84.9 Å². The van der Waals surface area contributed by atoms with Gasteiger partial charge in [-0.05, 0) is 24.3 Å². The third-order valence-corrected chi connectivity index (χ3v) is 4.67. The number of amides is 2. The third kappa shape index (κ3) is 5.37. The quantitative estimate of drug-likeness (QED) is 0.616. The van der Waals surface area contributed by atoms with Gasteiger partial charge in [0.1, 0.15) is 5.75 Å². The van der Waals surface area contributed by atoms with Crippen molar-refractivity contribution in [2.24, 2.45) is 0 Å². The first-order valence-electron chi connectivity index (χ1n) is 9.06. The first-order valence-corrected chi connectivity index (χ1v) is 9.44. The van der Waals surface area contributed by atoms with E-state index in [1.165, 1.54) is 23.1 Å². The second-order valence-electron chi connectivity index (χ2n) is 6.43. The summed E-state index contributed by atoms with van der Waals surface area (Å²) in [7, 11) is 0. The number of fused-ring (bicyclic) bond motifs is 1. The second kappa shape index (κ2) is 9.57. The summed E-state index contributed by atoms with van der Waals surface area (Å²) < 4.78 is 33.6. The molecule has 0 bridgehead atoms. The first-order chi connectivity index (χ1) is 14.8. The summed E-state index contributed by atoms with van der Waals surface area (Å²) in [5.74, 6) is -1.81. The normalized spacial score (nSPS) is 12.7. The Balaban J connectivity index is 1.45. The van der Waals surface area contributed by atoms with E-state index >= 15 is 0 Å². The van der Waals surface area contributed by atoms with Crippen LogP contribution in [0.25, 0.3) is 5.70 Å². The molecular formula is C21H17ClF2N2O5. The summed E-state index contributed by atoms with van der Waals surface area (Å²) >= 11 is 5.81. The monoisotopic (exact) mass is 450 g/mol. The highest BCUT2D eigenvalue weighted by atomic mass is 35.5. The molecular weight excluding hydrogens is 434 g/mol. The van der Waals surface area contributed by atoms with Gasteiger partial charge in [0.05, 0.1) is 11.4 Å². The molecule has 0 saturated heterocycles. The molecule has 0 unspecified atom stereocenters. The number of hydrogen-bond acceptors (Lipinski definition) is 5. The lowest BCUT2D eigenvalue weighted by atomic mass is 10.1. The van der Waals surface area contributed by atoms with Crippen LogP contribution in [0.2, 0.25) is 5.02 Å². The van der Waals surface area contributed by atoms with Gasteiger partial charge in [-0.1, -0.05) is 36.4 Å². The minimum Gasteiger partial charge on any atom is -0.456 e. The number of esters is 1. The minimum absolute atomic E-state index is 0.0635. The van der Waals surface area contributed by atoms with Crippen LogP contribution in [0.4, 0.5) is 14.5 Å². The average molecular weight is 451 g/mol. The molecule has 0 aliphatic carbocycles. The van der Waals surface area contributed by atoms with Crippen molar-refractivity contribution in [1.82, 2.24) is 4.90 Å². The summed E-state index contributed by atoms with van der Waals surface area (Å²) in [6.07, 6.45) is -0.127. The number of halogens is 3. The van der Waals surface area contributed by atoms with Crippen LogP contribution in [0, 0.1) is 0 Å². The molecule has 3 rings (SSSR count). The molecule has 1 aliphatic rings. The SMILES string of the molecule is C=C1c2ccccc2C(=O)N1CCC(=O)OCC(=O)Nc1ccc(OC(F)F)c(Cl)c1. The van der Waals surface area contributed by atoms with Crippen molar-refractivity contribution in [1.29, 1.82) is 0 Å². The number of nitrogens with zero attached hydrogens (tertiary/aromatic N) is 1. The number of alkyl halides is 2. The van der Waals surface area contributed by atoms with Crippen molar-refractivity contribution < 1.29 is 32.6 Å². The summed E-state index contributed by atoms with van der Waals surface area (Å²) in [5.41, 5.74) is 1.94. The Morgan fingerprint density at radius 1 is 1.16 bits per heavy atom. The molecule has 0 aromatic heterocycles. The first kappa shape index (κ1) is 22.2. The number of anilines is 1. The van der Waals surface area contributed by atoms with Crippen molar-refractivity contribution in [2.45, 2.75) is 13.0 Å². The van der Waals surface area contributed by atoms with Gasteiger partial charge in [0, 0.05) is 29.1 Å². The van der Waals surface area contributed by atoms with Gasteiger partial charge in [0.25, 0.3) is 11.8 Å². The molecule has 10 heteroatoms. The van der Waals surface area contributed by atoms with E-state index in [0.29, 0.717) is 16.8 Å². The minimum atomic E-state index is -3.03. The van der Waals surface area contributed by atoms with Crippen LogP contribution < -0.4 is 10.1 Å². The molecule has 7 nitrogen and oxygen atoms in total. The Hall–Kier alpha value is -3.46. The molecule has 0 spiro atoms. The predicted molar refractivity (Wildman–Crippen MR) is 109 cm³/mol. The highest BCUT2D eigenvalue weighted by Crippen LogP contribution is 2.31. The molecule has 162 valence electrons. The van der Waals surface area contributed by atoms with Crippen molar-refractivity contribution >= 4 is 40.8 Å². The van der Waals surface area contributed by atoms with Crippen LogP contribution in [-0.2, 0) is 14.3 Å². The maximum Gasteiger partial charge on any atom is 0.387 e. The Bertz CT molecular complexity index is 1010. The zero-order chi connectivity index (χ0) is 22.5. The van der Waals surface area contributed by atoms with Crippen LogP contribution >= 0.6 is 11.6 Å². The van der Waals surface area contributed by atoms with Crippen LogP contribution in [0.15, 0.2) is 49.0 Å². The fourth-order valence-electron chi connectivity index (χ4n) is 2.96. The smallest absolute Gasteiger partial charge is 0.387 e. The molecule has 1 N–H and O–H groups in total. The Kier molecular flexibility index (Phi) is 6.86. The number of ether oxygens (including phenoxy) is 2. The van der Waals surface area contributed by atoms with Gasteiger partial charge >= 0.3 is 12.6 Å². The van der Waals surface area contributed by atoms with Gasteiger partial charge in [-0.2, -0.15) is 8.78 Å². The number of carbonyl (C=O) groups excluding carboxylic acids is 3. The maximum atomic E-state index is 12.4. The number of hydrogen-bond donors (Lipinski definition) is 1. The van der Waals surface area contributed by atoms with E-state index in [1.54, 1.807) is 24.3 Å². The van der Waals surface area contributed by atoms with Crippen molar-refractivity contribution in [3.8, 4) is 5.75 Å². The highest BCUT2D eigenvalue weighted by molar-refractivity contribution is 6.32. The zero-order valence-electron chi connectivity index (χ0n) is 16.1. The molecule has 0 radical (unpaired) electrons. The molecule has 0 fully saturated rings. The molecule has 31 heavy (non-hydrogen) atoms. The lowest BCUT2D eigenvalue weighted by Crippen LogP contribution is -2.27. The van der Waals surface area contributed by atoms with Gasteiger partial charge < -0.3 is 19.7 Å². The largest absolute Gasteiger partial charge is 0.456 e. The Labute approximate surface area is 181 Å². The molecule has 1 aliphatic heterocycles. The molecule has 1 heterocycles. The molecule has 0 saturated carbocycles. The van der Waals surface area contributed by atoms with Crippen molar-refractivity contribution in [3.63, 3.8) is 0 Å². The highest BCUT2D eigenvalue weighted by Gasteiger charge is 2.30. The summed E-state index contributed by atoms with van der Waals surface area (Å²) in [4.78, 5) is 37.7. The maximum absolute atomic E-state index is 12.4. The summed E-state index contributed by atoms with van der Waals surface area (Å²) in [5, 5.41) is 2.30. The van der Waals surface area contributed by atoms with Gasteiger partial charge in [-0.3, -0.25) is 14.4 Å². The fraction of sp³-hybridized carbons (Fsp3) is 0.190. The van der Waals surface area contributed by atoms with Crippen LogP contribution in [0.3, 0.4) is 0 Å². The van der Waals surface area contributed by atoms with E-state index < -0.39 is 25.1 Å². The van der Waals surface area contributed by atoms with Crippen LogP contribution in [0.1, 0.15) is 22.3 Å². The van der Waals surface area contributed by atoms with E-state index in [9.17, 15) is 23.2 Å². The van der Waals surface area contributed by atoms with Crippen LogP contribution in [-0.4, -0.2) is 42.4 Å². The fourth-order valence-corrected chi connectivity index (χ4v) is 3.18. The molecule has 0 atom stereocenters. The Morgan fingerprint density at radius 3 is 2.52 bits per heavy atom. The zero-order valence-corrected chi connectivity index (χ0v) is 16.8. The number of nitrogens with one attached hydrogen (secondary N) is 1. The standard InChI is InChI=1S/C21H17ClF2N2O5/c1-12-14-4-2-3-5-15(14)20(29)26(12)9-8-19(28)30-11-18(27)25-13-6-7-17(16(22)10-13)31-21(23)24/h2-7,10,21H,1,8-9,11H2,(H,25,27). The second-order valence-corrected chi connectivity index (χ2v) is 6.84. The number of rotatable bonds is 8. The van der Waals surface area contributed by atoms with Crippen molar-refractivity contribution in [2.75, 3.05) is 18.5 Å². The third-order valence-electron chi connectivity index (χ3n) is 4.37. The van der Waals surface area contributed by atoms with E-state index in [4.69, 9.17) is 16.3 Å². The molecule has 2 amide bonds. The summed E-state index contributed by atoms with van der Waals surface area (Å²) in [6.45, 7) is 0.350. The van der Waals surface area contributed by atoms with Crippen molar-refractivity contribution in [3.05, 3.63) is 65.2 Å². The lowest BCUT2D eigenvalue weighted by Gasteiger charge is -2.16. The Morgan fingerprint density at radius 2 is 1.87 bits per heavy atom. The van der Waals surface area contributed by atoms with Gasteiger partial charge in [-0.15, -0.1) is 0 Å². The van der Waals surface area contributed by atoms with Crippen LogP contribution in [0.5, 0.6) is 5.75 Å². The van der Waals surface area contributed by atoms with E-state index in [2.05, 4.69) is 16.6 Å². The summed E-state index contributed by atoms with van der Waals surface area (Å²) in [6, 6.07) is 10.7. The molecule has 2 aromatic carbocycles. The van der Waals surface area contributed by atoms with Gasteiger partial charge in [0.2, 0.25) is 0 Å². The van der Waals surface area contributed by atoms with Gasteiger partial charge in [0.15, 0.2) is 6.61 Å².